The molecule has 0 spiro atoms. The average Bonchev–Trinajstić information content (AvgIpc) is 3.07. The summed E-state index contributed by atoms with van der Waals surface area (Å²) in [5.74, 6) is 0.424. The number of benzene rings is 2. The summed E-state index contributed by atoms with van der Waals surface area (Å²) >= 11 is 3.76. The number of halogens is 1. The van der Waals surface area contributed by atoms with Crippen LogP contribution in [0.3, 0.4) is 0 Å². The summed E-state index contributed by atoms with van der Waals surface area (Å²) in [5, 5.41) is 2.47. The second kappa shape index (κ2) is 5.83. The van der Waals surface area contributed by atoms with Crippen LogP contribution in [0.1, 0.15) is 69.8 Å². The quantitative estimate of drug-likeness (QED) is 0.303. The summed E-state index contributed by atoms with van der Waals surface area (Å²) in [5.41, 5.74) is 7.62. The van der Waals surface area contributed by atoms with E-state index in [0.29, 0.717) is 5.92 Å². The first-order chi connectivity index (χ1) is 13.5. The number of imidazole rings is 1. The molecule has 0 bridgehead atoms. The van der Waals surface area contributed by atoms with Gasteiger partial charge in [-0.3, -0.25) is 4.40 Å². The molecule has 3 heterocycles. The van der Waals surface area contributed by atoms with Gasteiger partial charge in [0, 0.05) is 20.9 Å². The van der Waals surface area contributed by atoms with E-state index in [1.165, 1.54) is 33.2 Å². The molecule has 0 fully saturated rings. The van der Waals surface area contributed by atoms with Crippen LogP contribution in [0.2, 0.25) is 0 Å². The van der Waals surface area contributed by atoms with E-state index in [9.17, 15) is 0 Å². The van der Waals surface area contributed by atoms with Crippen LogP contribution >= 0.6 is 15.9 Å². The van der Waals surface area contributed by atoms with Gasteiger partial charge in [-0.25, -0.2) is 4.98 Å². The molecule has 0 amide bonds. The zero-order chi connectivity index (χ0) is 20.9. The topological polar surface area (TPSA) is 26.5 Å². The van der Waals surface area contributed by atoms with E-state index in [2.05, 4.69) is 99.1 Å². The zero-order valence-corrected chi connectivity index (χ0v) is 19.7. The highest BCUT2D eigenvalue weighted by Crippen LogP contribution is 2.48. The van der Waals surface area contributed by atoms with Gasteiger partial charge in [-0.2, -0.15) is 0 Å². The lowest BCUT2D eigenvalue weighted by Crippen LogP contribution is -2.22. The van der Waals surface area contributed by atoms with Crippen molar-refractivity contribution in [3.05, 3.63) is 57.2 Å². The van der Waals surface area contributed by atoms with Crippen LogP contribution in [0, 0.1) is 6.92 Å². The predicted molar refractivity (Wildman–Crippen MR) is 124 cm³/mol. The highest BCUT2D eigenvalue weighted by molar-refractivity contribution is 9.10. The summed E-state index contributed by atoms with van der Waals surface area (Å²) < 4.78 is 9.82. The third-order valence-electron chi connectivity index (χ3n) is 6.38. The van der Waals surface area contributed by atoms with Crippen LogP contribution < -0.4 is 0 Å². The molecule has 5 rings (SSSR count). The van der Waals surface area contributed by atoms with E-state index in [-0.39, 0.29) is 11.2 Å². The van der Waals surface area contributed by atoms with Gasteiger partial charge in [0.05, 0.1) is 22.2 Å². The molecular weight excluding hydrogens is 424 g/mol. The van der Waals surface area contributed by atoms with Crippen LogP contribution in [-0.2, 0) is 15.9 Å². The van der Waals surface area contributed by atoms with Gasteiger partial charge in [0.15, 0.2) is 0 Å². The Labute approximate surface area is 180 Å². The molecule has 4 aromatic rings. The Kier molecular flexibility index (Phi) is 3.83. The normalized spacial score (nSPS) is 17.7. The molecule has 0 radical (unpaired) electrons. The first-order valence-electron chi connectivity index (χ1n) is 10.3. The maximum absolute atomic E-state index is 6.38. The fourth-order valence-corrected chi connectivity index (χ4v) is 5.59. The van der Waals surface area contributed by atoms with Gasteiger partial charge in [-0.1, -0.05) is 35.8 Å². The summed E-state index contributed by atoms with van der Waals surface area (Å²) in [4.78, 5) is 5.17. The van der Waals surface area contributed by atoms with Crippen LogP contribution in [0.4, 0.5) is 0 Å². The molecule has 3 nitrogen and oxygen atoms in total. The second-order valence-corrected chi connectivity index (χ2v) is 10.5. The summed E-state index contributed by atoms with van der Waals surface area (Å²) in [6.45, 7) is 15.3. The van der Waals surface area contributed by atoms with Crippen molar-refractivity contribution in [3.8, 4) is 0 Å². The highest BCUT2D eigenvalue weighted by atomic mass is 79.9. The standard InChI is InChI=1S/C25H27BrN2O/c1-13(2)15-8-9-19(26)16-10-14(3)28-21-12-18-17(24(4,5)29-25(18,6)7)11-20(21)27-23(28)22(15)16/h8-13H,1-7H3. The number of rotatable bonds is 1. The van der Waals surface area contributed by atoms with E-state index in [1.54, 1.807) is 0 Å². The number of hydrogen-bond donors (Lipinski definition) is 0. The van der Waals surface area contributed by atoms with Crippen molar-refractivity contribution in [2.75, 3.05) is 0 Å². The van der Waals surface area contributed by atoms with E-state index >= 15 is 0 Å². The van der Waals surface area contributed by atoms with Gasteiger partial charge < -0.3 is 4.74 Å². The number of aromatic nitrogens is 2. The molecule has 2 aromatic heterocycles. The van der Waals surface area contributed by atoms with Crippen LogP contribution in [0.15, 0.2) is 34.8 Å². The number of pyridine rings is 1. The molecule has 0 saturated heterocycles. The molecule has 2 aromatic carbocycles. The molecule has 4 heteroatoms. The Balaban J connectivity index is 1.99. The fourth-order valence-electron chi connectivity index (χ4n) is 5.15. The molecule has 0 saturated carbocycles. The Hall–Kier alpha value is -1.91. The fraction of sp³-hybridized carbons (Fsp3) is 0.400. The van der Waals surface area contributed by atoms with Crippen molar-refractivity contribution in [2.45, 2.75) is 65.6 Å². The summed E-state index contributed by atoms with van der Waals surface area (Å²) in [7, 11) is 0. The lowest BCUT2D eigenvalue weighted by atomic mass is 9.90. The van der Waals surface area contributed by atoms with E-state index in [0.717, 1.165) is 21.2 Å². The van der Waals surface area contributed by atoms with Crippen molar-refractivity contribution in [2.24, 2.45) is 0 Å². The van der Waals surface area contributed by atoms with E-state index in [1.807, 2.05) is 0 Å². The highest BCUT2D eigenvalue weighted by Gasteiger charge is 2.43. The van der Waals surface area contributed by atoms with Crippen molar-refractivity contribution < 1.29 is 4.74 Å². The number of nitrogens with zero attached hydrogens (tertiary/aromatic N) is 2. The number of fused-ring (bicyclic) bond motifs is 6. The Morgan fingerprint density at radius 2 is 1.66 bits per heavy atom. The minimum Gasteiger partial charge on any atom is -0.360 e. The molecule has 1 aliphatic rings. The molecule has 29 heavy (non-hydrogen) atoms. The third-order valence-corrected chi connectivity index (χ3v) is 7.07. The lowest BCUT2D eigenvalue weighted by Gasteiger charge is -2.24. The average molecular weight is 451 g/mol. The Morgan fingerprint density at radius 1 is 1.00 bits per heavy atom. The Bertz CT molecular complexity index is 1330. The molecular formula is C25H27BrN2O. The number of aryl methyl sites for hydroxylation is 1. The van der Waals surface area contributed by atoms with Gasteiger partial charge in [-0.15, -0.1) is 0 Å². The first-order valence-corrected chi connectivity index (χ1v) is 11.1. The second-order valence-electron chi connectivity index (χ2n) is 9.65. The Morgan fingerprint density at radius 3 is 2.31 bits per heavy atom. The SMILES string of the molecule is Cc1cc2c(Br)ccc(C(C)C)c2c2nc3cc4c(cc3n12)C(C)(C)OC4(C)C. The minimum absolute atomic E-state index is 0.311. The smallest absolute Gasteiger partial charge is 0.146 e. The monoisotopic (exact) mass is 450 g/mol. The van der Waals surface area contributed by atoms with Crippen molar-refractivity contribution >= 4 is 43.4 Å². The van der Waals surface area contributed by atoms with Crippen LogP contribution in [0.5, 0.6) is 0 Å². The molecule has 1 aliphatic heterocycles. The van der Waals surface area contributed by atoms with Gasteiger partial charge in [-0.05, 0) is 81.5 Å². The molecule has 0 N–H and O–H groups in total. The third kappa shape index (κ3) is 2.55. The minimum atomic E-state index is -0.313. The molecule has 150 valence electrons. The van der Waals surface area contributed by atoms with E-state index < -0.39 is 0 Å². The maximum atomic E-state index is 6.38. The van der Waals surface area contributed by atoms with Gasteiger partial charge >= 0.3 is 0 Å². The van der Waals surface area contributed by atoms with Crippen molar-refractivity contribution in [1.82, 2.24) is 9.38 Å². The molecule has 0 atom stereocenters. The summed E-state index contributed by atoms with van der Waals surface area (Å²) in [6.07, 6.45) is 0. The van der Waals surface area contributed by atoms with Gasteiger partial charge in [0.1, 0.15) is 5.65 Å². The zero-order valence-electron chi connectivity index (χ0n) is 18.1. The lowest BCUT2D eigenvalue weighted by molar-refractivity contribution is -0.105. The first kappa shape index (κ1) is 19.1. The number of ether oxygens (including phenoxy) is 1. The van der Waals surface area contributed by atoms with Gasteiger partial charge in [0.25, 0.3) is 0 Å². The molecule has 0 aliphatic carbocycles. The van der Waals surface area contributed by atoms with Crippen LogP contribution in [-0.4, -0.2) is 9.38 Å². The van der Waals surface area contributed by atoms with Gasteiger partial charge in [0.2, 0.25) is 0 Å². The van der Waals surface area contributed by atoms with Crippen LogP contribution in [0.25, 0.3) is 27.5 Å². The largest absolute Gasteiger partial charge is 0.360 e. The van der Waals surface area contributed by atoms with E-state index in [4.69, 9.17) is 9.72 Å². The van der Waals surface area contributed by atoms with Crippen molar-refractivity contribution in [3.63, 3.8) is 0 Å². The number of hydrogen-bond acceptors (Lipinski definition) is 2. The summed E-state index contributed by atoms with van der Waals surface area (Å²) in [6, 6.07) is 11.2. The molecule has 0 unspecified atom stereocenters. The predicted octanol–water partition coefficient (Wildman–Crippen LogP) is 7.34. The maximum Gasteiger partial charge on any atom is 0.146 e. The van der Waals surface area contributed by atoms with Crippen molar-refractivity contribution in [1.29, 1.82) is 0 Å².